The van der Waals surface area contributed by atoms with Gasteiger partial charge in [-0.2, -0.15) is 13.2 Å². The molecule has 1 fully saturated rings. The molecule has 34 heavy (non-hydrogen) atoms. The Bertz CT molecular complexity index is 1170. The van der Waals surface area contributed by atoms with Crippen LogP contribution in [-0.2, 0) is 6.18 Å². The summed E-state index contributed by atoms with van der Waals surface area (Å²) in [5.41, 5.74) is 2.94. The first-order valence-electron chi connectivity index (χ1n) is 11.7. The zero-order valence-corrected chi connectivity index (χ0v) is 18.8. The van der Waals surface area contributed by atoms with Gasteiger partial charge in [-0.1, -0.05) is 65.9 Å². The molecule has 7 heteroatoms. The van der Waals surface area contributed by atoms with Crippen LogP contribution in [0.1, 0.15) is 47.9 Å². The van der Waals surface area contributed by atoms with Crippen molar-refractivity contribution in [2.45, 2.75) is 37.4 Å². The van der Waals surface area contributed by atoms with Gasteiger partial charge in [-0.15, -0.1) is 5.10 Å². The van der Waals surface area contributed by atoms with Crippen molar-refractivity contribution in [2.75, 3.05) is 19.6 Å². The summed E-state index contributed by atoms with van der Waals surface area (Å²) in [7, 11) is 0. The molecule has 5 rings (SSSR count). The molecule has 0 amide bonds. The van der Waals surface area contributed by atoms with Gasteiger partial charge in [0.15, 0.2) is 0 Å². The van der Waals surface area contributed by atoms with Crippen LogP contribution in [0.4, 0.5) is 13.2 Å². The number of aromatic nitrogens is 3. The van der Waals surface area contributed by atoms with E-state index in [9.17, 15) is 13.2 Å². The van der Waals surface area contributed by atoms with E-state index in [4.69, 9.17) is 0 Å². The standard InChI is InChI=1S/C27H27F3N4/c28-27(29,30)22-11-12-26-25(19-22)31-32-34(26)23-13-16-33(17-14-23)18-15-24(20-7-3-1-4-8-20)21-9-5-2-6-10-21/h1-12,19,23-24H,13-18H2. The molecule has 176 valence electrons. The van der Waals surface area contributed by atoms with E-state index in [0.717, 1.165) is 51.0 Å². The fourth-order valence-electron chi connectivity index (χ4n) is 4.98. The first kappa shape index (κ1) is 22.6. The molecule has 1 aromatic heterocycles. The van der Waals surface area contributed by atoms with E-state index in [-0.39, 0.29) is 6.04 Å². The van der Waals surface area contributed by atoms with E-state index >= 15 is 0 Å². The monoisotopic (exact) mass is 464 g/mol. The Balaban J connectivity index is 1.23. The second-order valence-corrected chi connectivity index (χ2v) is 8.97. The summed E-state index contributed by atoms with van der Waals surface area (Å²) in [6.45, 7) is 2.86. The number of hydrogen-bond acceptors (Lipinski definition) is 3. The highest BCUT2D eigenvalue weighted by Gasteiger charge is 2.31. The van der Waals surface area contributed by atoms with Crippen LogP contribution in [0, 0.1) is 0 Å². The molecule has 1 aliphatic heterocycles. The van der Waals surface area contributed by atoms with E-state index in [0.29, 0.717) is 17.0 Å². The number of likely N-dealkylation sites (tertiary alicyclic amines) is 1. The van der Waals surface area contributed by atoms with Gasteiger partial charge in [-0.05, 0) is 55.1 Å². The third-order valence-corrected chi connectivity index (χ3v) is 6.84. The van der Waals surface area contributed by atoms with Gasteiger partial charge < -0.3 is 4.90 Å². The van der Waals surface area contributed by atoms with E-state index in [1.165, 1.54) is 17.2 Å². The van der Waals surface area contributed by atoms with Gasteiger partial charge in [0.25, 0.3) is 0 Å². The maximum absolute atomic E-state index is 13.0. The third-order valence-electron chi connectivity index (χ3n) is 6.84. The van der Waals surface area contributed by atoms with Gasteiger partial charge in [0.1, 0.15) is 5.52 Å². The molecule has 0 spiro atoms. The minimum Gasteiger partial charge on any atom is -0.303 e. The van der Waals surface area contributed by atoms with Crippen molar-refractivity contribution >= 4 is 11.0 Å². The smallest absolute Gasteiger partial charge is 0.303 e. The molecule has 1 saturated heterocycles. The molecule has 0 radical (unpaired) electrons. The van der Waals surface area contributed by atoms with Crippen molar-refractivity contribution in [1.82, 2.24) is 19.9 Å². The predicted molar refractivity (Wildman–Crippen MR) is 127 cm³/mol. The second-order valence-electron chi connectivity index (χ2n) is 8.97. The Morgan fingerprint density at radius 3 is 2.06 bits per heavy atom. The summed E-state index contributed by atoms with van der Waals surface area (Å²) < 4.78 is 40.8. The van der Waals surface area contributed by atoms with E-state index in [1.54, 1.807) is 0 Å². The van der Waals surface area contributed by atoms with Gasteiger partial charge >= 0.3 is 6.18 Å². The number of piperidine rings is 1. The summed E-state index contributed by atoms with van der Waals surface area (Å²) in [5, 5.41) is 8.21. The molecule has 3 aromatic carbocycles. The summed E-state index contributed by atoms with van der Waals surface area (Å²) in [6, 6.07) is 25.1. The second kappa shape index (κ2) is 9.58. The molecular weight excluding hydrogens is 437 g/mol. The number of benzene rings is 3. The van der Waals surface area contributed by atoms with Crippen LogP contribution in [0.2, 0.25) is 0 Å². The number of halogens is 3. The number of nitrogens with zero attached hydrogens (tertiary/aromatic N) is 4. The van der Waals surface area contributed by atoms with Crippen LogP contribution in [0.15, 0.2) is 78.9 Å². The molecule has 4 nitrogen and oxygen atoms in total. The van der Waals surface area contributed by atoms with Crippen LogP contribution in [-0.4, -0.2) is 39.5 Å². The van der Waals surface area contributed by atoms with Crippen molar-refractivity contribution in [2.24, 2.45) is 0 Å². The number of hydrogen-bond donors (Lipinski definition) is 0. The van der Waals surface area contributed by atoms with Gasteiger partial charge in [-0.3, -0.25) is 0 Å². The van der Waals surface area contributed by atoms with Crippen molar-refractivity contribution in [3.05, 3.63) is 95.6 Å². The molecule has 0 saturated carbocycles. The van der Waals surface area contributed by atoms with Gasteiger partial charge in [0.2, 0.25) is 0 Å². The highest BCUT2D eigenvalue weighted by atomic mass is 19.4. The van der Waals surface area contributed by atoms with Gasteiger partial charge in [0, 0.05) is 19.0 Å². The number of rotatable bonds is 6. The lowest BCUT2D eigenvalue weighted by molar-refractivity contribution is -0.137. The first-order valence-corrected chi connectivity index (χ1v) is 11.7. The minimum absolute atomic E-state index is 0.150. The molecule has 0 unspecified atom stereocenters. The van der Waals surface area contributed by atoms with Crippen molar-refractivity contribution in [3.63, 3.8) is 0 Å². The van der Waals surface area contributed by atoms with E-state index < -0.39 is 11.7 Å². The summed E-state index contributed by atoms with van der Waals surface area (Å²) in [6.07, 6.45) is -1.53. The lowest BCUT2D eigenvalue weighted by Gasteiger charge is -2.33. The molecular formula is C27H27F3N4. The van der Waals surface area contributed by atoms with Crippen LogP contribution in [0.5, 0.6) is 0 Å². The largest absolute Gasteiger partial charge is 0.416 e. The zero-order valence-electron chi connectivity index (χ0n) is 18.8. The quantitative estimate of drug-likeness (QED) is 0.335. The fraction of sp³-hybridized carbons (Fsp3) is 0.333. The minimum atomic E-state index is -4.37. The summed E-state index contributed by atoms with van der Waals surface area (Å²) in [4.78, 5) is 2.48. The topological polar surface area (TPSA) is 34.0 Å². The maximum Gasteiger partial charge on any atom is 0.416 e. The zero-order chi connectivity index (χ0) is 23.5. The molecule has 1 aliphatic rings. The molecule has 0 N–H and O–H groups in total. The maximum atomic E-state index is 13.0. The van der Waals surface area contributed by atoms with Crippen molar-refractivity contribution < 1.29 is 13.2 Å². The third kappa shape index (κ3) is 4.85. The SMILES string of the molecule is FC(F)(F)c1ccc2c(c1)nnn2C1CCN(CCC(c2ccccc2)c2ccccc2)CC1. The molecule has 0 atom stereocenters. The van der Waals surface area contributed by atoms with Crippen molar-refractivity contribution in [1.29, 1.82) is 0 Å². The number of alkyl halides is 3. The average molecular weight is 465 g/mol. The Morgan fingerprint density at radius 2 is 1.47 bits per heavy atom. The van der Waals surface area contributed by atoms with Crippen LogP contribution < -0.4 is 0 Å². The van der Waals surface area contributed by atoms with Crippen LogP contribution in [0.3, 0.4) is 0 Å². The van der Waals surface area contributed by atoms with E-state index in [2.05, 4.69) is 63.7 Å². The molecule has 0 bridgehead atoms. The molecule has 0 aliphatic carbocycles. The Morgan fingerprint density at radius 1 is 0.853 bits per heavy atom. The highest BCUT2D eigenvalue weighted by molar-refractivity contribution is 5.75. The van der Waals surface area contributed by atoms with Gasteiger partial charge in [0.05, 0.1) is 17.1 Å². The Hall–Kier alpha value is -3.19. The average Bonchev–Trinajstić information content (AvgIpc) is 3.29. The number of fused-ring (bicyclic) bond motifs is 1. The Labute approximate surface area is 197 Å². The lowest BCUT2D eigenvalue weighted by atomic mass is 9.88. The van der Waals surface area contributed by atoms with E-state index in [1.807, 2.05) is 16.8 Å². The normalized spacial score (nSPS) is 15.9. The first-order chi connectivity index (χ1) is 16.5. The Kier molecular flexibility index (Phi) is 6.37. The highest BCUT2D eigenvalue weighted by Crippen LogP contribution is 2.33. The molecule has 2 heterocycles. The fourth-order valence-corrected chi connectivity index (χ4v) is 4.98. The van der Waals surface area contributed by atoms with Crippen molar-refractivity contribution in [3.8, 4) is 0 Å². The van der Waals surface area contributed by atoms with Gasteiger partial charge in [-0.25, -0.2) is 4.68 Å². The predicted octanol–water partition coefficient (Wildman–Crippen LogP) is 6.31. The van der Waals surface area contributed by atoms with Crippen LogP contribution in [0.25, 0.3) is 11.0 Å². The summed E-state index contributed by atoms with van der Waals surface area (Å²) >= 11 is 0. The molecule has 4 aromatic rings. The lowest BCUT2D eigenvalue weighted by Crippen LogP contribution is -2.36. The van der Waals surface area contributed by atoms with Crippen LogP contribution >= 0.6 is 0 Å². The summed E-state index contributed by atoms with van der Waals surface area (Å²) in [5.74, 6) is 0.349.